The summed E-state index contributed by atoms with van der Waals surface area (Å²) < 4.78 is 15.8. The van der Waals surface area contributed by atoms with E-state index < -0.39 is 11.4 Å². The molecule has 1 aromatic carbocycles. The number of aromatic nitrogens is 2. The molecule has 2 heterocycles. The summed E-state index contributed by atoms with van der Waals surface area (Å²) in [4.78, 5) is 25.8. The first-order valence-corrected chi connectivity index (χ1v) is 8.83. The molecule has 26 heavy (non-hydrogen) atoms. The normalized spacial score (nSPS) is 19.3. The van der Waals surface area contributed by atoms with Gasteiger partial charge in [0.2, 0.25) is 5.91 Å². The largest absolute Gasteiger partial charge is 0.478 e. The standard InChI is InChI=1S/C19H20FN3O3/c20-16-4-2-1-3-15(16)19(7-8-19)18(26)22-9-5-14(6-10-22)23-12-13(11-21-23)17(24)25/h1-4,11-12,14H,5-10H2,(H,24,25). The molecule has 0 bridgehead atoms. The number of hydrogen-bond acceptors (Lipinski definition) is 3. The number of hydrogen-bond donors (Lipinski definition) is 1. The van der Waals surface area contributed by atoms with E-state index in [-0.39, 0.29) is 23.3 Å². The van der Waals surface area contributed by atoms with Gasteiger partial charge in [0.1, 0.15) is 5.82 Å². The number of carboxylic acid groups (broad SMARTS) is 1. The van der Waals surface area contributed by atoms with E-state index >= 15 is 0 Å². The fraction of sp³-hybridized carbons (Fsp3) is 0.421. The van der Waals surface area contributed by atoms with Gasteiger partial charge in [-0.3, -0.25) is 9.48 Å². The van der Waals surface area contributed by atoms with E-state index in [1.165, 1.54) is 18.5 Å². The lowest BCUT2D eigenvalue weighted by Crippen LogP contribution is -2.44. The smallest absolute Gasteiger partial charge is 0.338 e. The average molecular weight is 357 g/mol. The Morgan fingerprint density at radius 1 is 1.19 bits per heavy atom. The van der Waals surface area contributed by atoms with Crippen LogP contribution >= 0.6 is 0 Å². The van der Waals surface area contributed by atoms with E-state index in [2.05, 4.69) is 5.10 Å². The fourth-order valence-electron chi connectivity index (χ4n) is 3.86. The van der Waals surface area contributed by atoms with E-state index in [0.29, 0.717) is 44.3 Å². The summed E-state index contributed by atoms with van der Waals surface area (Å²) in [5.41, 5.74) is -0.0225. The zero-order valence-electron chi connectivity index (χ0n) is 14.3. The number of carbonyl (C=O) groups excluding carboxylic acids is 1. The Morgan fingerprint density at radius 3 is 2.46 bits per heavy atom. The lowest BCUT2D eigenvalue weighted by Gasteiger charge is -2.34. The highest BCUT2D eigenvalue weighted by atomic mass is 19.1. The van der Waals surface area contributed by atoms with Crippen LogP contribution in [0.15, 0.2) is 36.7 Å². The van der Waals surface area contributed by atoms with E-state index in [4.69, 9.17) is 5.11 Å². The first kappa shape index (κ1) is 16.8. The Morgan fingerprint density at radius 2 is 1.88 bits per heavy atom. The molecule has 4 rings (SSSR count). The van der Waals surface area contributed by atoms with Gasteiger partial charge in [-0.15, -0.1) is 0 Å². The van der Waals surface area contributed by atoms with Crippen LogP contribution in [0, 0.1) is 5.82 Å². The van der Waals surface area contributed by atoms with Crippen molar-refractivity contribution in [1.82, 2.24) is 14.7 Å². The van der Waals surface area contributed by atoms with Crippen molar-refractivity contribution in [2.45, 2.75) is 37.1 Å². The van der Waals surface area contributed by atoms with Crippen molar-refractivity contribution in [1.29, 1.82) is 0 Å². The molecular weight excluding hydrogens is 337 g/mol. The second kappa shape index (κ2) is 6.23. The maximum absolute atomic E-state index is 14.2. The highest BCUT2D eigenvalue weighted by Crippen LogP contribution is 2.50. The first-order chi connectivity index (χ1) is 12.5. The number of carboxylic acids is 1. The number of halogens is 1. The summed E-state index contributed by atoms with van der Waals surface area (Å²) in [7, 11) is 0. The molecule has 2 aliphatic rings. The van der Waals surface area contributed by atoms with Crippen molar-refractivity contribution < 1.29 is 19.1 Å². The number of benzene rings is 1. The Hall–Kier alpha value is -2.70. The summed E-state index contributed by atoms with van der Waals surface area (Å²) in [6.07, 6.45) is 5.67. The highest BCUT2D eigenvalue weighted by Gasteiger charge is 2.54. The number of aromatic carboxylic acids is 1. The molecule has 6 nitrogen and oxygen atoms in total. The van der Waals surface area contributed by atoms with Crippen LogP contribution in [0.5, 0.6) is 0 Å². The Bertz CT molecular complexity index is 851. The number of piperidine rings is 1. The summed E-state index contributed by atoms with van der Waals surface area (Å²) in [5, 5.41) is 13.1. The highest BCUT2D eigenvalue weighted by molar-refractivity contribution is 5.91. The molecule has 1 saturated heterocycles. The second-order valence-electron chi connectivity index (χ2n) is 7.10. The van der Waals surface area contributed by atoms with Crippen LogP contribution in [0.1, 0.15) is 47.6 Å². The van der Waals surface area contributed by atoms with Gasteiger partial charge in [-0.25, -0.2) is 9.18 Å². The summed E-state index contributed by atoms with van der Waals surface area (Å²) in [6, 6.07) is 6.61. The first-order valence-electron chi connectivity index (χ1n) is 8.83. The number of nitrogens with zero attached hydrogens (tertiary/aromatic N) is 3. The van der Waals surface area contributed by atoms with E-state index in [1.807, 2.05) is 4.90 Å². The van der Waals surface area contributed by atoms with Crippen LogP contribution in [-0.2, 0) is 10.2 Å². The van der Waals surface area contributed by atoms with Crippen molar-refractivity contribution in [3.8, 4) is 0 Å². The van der Waals surface area contributed by atoms with Crippen molar-refractivity contribution in [2.75, 3.05) is 13.1 Å². The van der Waals surface area contributed by atoms with E-state index in [0.717, 1.165) is 0 Å². The van der Waals surface area contributed by atoms with Crippen molar-refractivity contribution in [2.24, 2.45) is 0 Å². The topological polar surface area (TPSA) is 75.4 Å². The molecule has 0 spiro atoms. The minimum absolute atomic E-state index is 0.00717. The van der Waals surface area contributed by atoms with Gasteiger partial charge in [-0.05, 0) is 31.7 Å². The molecule has 1 aliphatic heterocycles. The van der Waals surface area contributed by atoms with Gasteiger partial charge >= 0.3 is 5.97 Å². The SMILES string of the molecule is O=C(O)c1cnn(C2CCN(C(=O)C3(c4ccccc4F)CC3)CC2)c1. The Kier molecular flexibility index (Phi) is 4.01. The van der Waals surface area contributed by atoms with E-state index in [9.17, 15) is 14.0 Å². The molecule has 136 valence electrons. The van der Waals surface area contributed by atoms with Crippen LogP contribution in [-0.4, -0.2) is 44.8 Å². The summed E-state index contributed by atoms with van der Waals surface area (Å²) in [6.45, 7) is 1.14. The zero-order valence-corrected chi connectivity index (χ0v) is 14.3. The third-order valence-electron chi connectivity index (χ3n) is 5.52. The maximum Gasteiger partial charge on any atom is 0.338 e. The molecule has 1 saturated carbocycles. The van der Waals surface area contributed by atoms with Gasteiger partial charge in [0.15, 0.2) is 0 Å². The average Bonchev–Trinajstić information content (AvgIpc) is 3.29. The van der Waals surface area contributed by atoms with Gasteiger partial charge in [-0.1, -0.05) is 18.2 Å². The van der Waals surface area contributed by atoms with Crippen LogP contribution in [0.25, 0.3) is 0 Å². The summed E-state index contributed by atoms with van der Waals surface area (Å²) in [5.74, 6) is -1.30. The molecule has 7 heteroatoms. The molecule has 1 aromatic heterocycles. The number of rotatable bonds is 4. The monoisotopic (exact) mass is 357 g/mol. The summed E-state index contributed by atoms with van der Waals surface area (Å²) >= 11 is 0. The fourth-order valence-corrected chi connectivity index (χ4v) is 3.86. The number of likely N-dealkylation sites (tertiary alicyclic amines) is 1. The molecule has 1 aliphatic carbocycles. The van der Waals surface area contributed by atoms with Gasteiger partial charge in [0.05, 0.1) is 23.2 Å². The molecule has 2 fully saturated rings. The van der Waals surface area contributed by atoms with Crippen molar-refractivity contribution in [3.05, 3.63) is 53.6 Å². The zero-order chi connectivity index (χ0) is 18.3. The predicted octanol–water partition coefficient (Wildman–Crippen LogP) is 2.62. The molecule has 0 unspecified atom stereocenters. The number of carbonyl (C=O) groups is 2. The van der Waals surface area contributed by atoms with Crippen LogP contribution < -0.4 is 0 Å². The predicted molar refractivity (Wildman–Crippen MR) is 91.3 cm³/mol. The van der Waals surface area contributed by atoms with E-state index in [1.54, 1.807) is 22.9 Å². The van der Waals surface area contributed by atoms with Crippen LogP contribution in [0.4, 0.5) is 4.39 Å². The molecular formula is C19H20FN3O3. The van der Waals surface area contributed by atoms with Crippen LogP contribution in [0.3, 0.4) is 0 Å². The van der Waals surface area contributed by atoms with Crippen molar-refractivity contribution >= 4 is 11.9 Å². The minimum Gasteiger partial charge on any atom is -0.478 e. The lowest BCUT2D eigenvalue weighted by molar-refractivity contribution is -0.135. The van der Waals surface area contributed by atoms with Gasteiger partial charge in [0.25, 0.3) is 0 Å². The minimum atomic E-state index is -0.996. The molecule has 0 radical (unpaired) electrons. The van der Waals surface area contributed by atoms with Gasteiger partial charge < -0.3 is 10.0 Å². The Balaban J connectivity index is 1.44. The molecule has 0 atom stereocenters. The van der Waals surface area contributed by atoms with Gasteiger partial charge in [0, 0.05) is 24.8 Å². The molecule has 1 N–H and O–H groups in total. The maximum atomic E-state index is 14.2. The quantitative estimate of drug-likeness (QED) is 0.913. The lowest BCUT2D eigenvalue weighted by atomic mass is 9.92. The van der Waals surface area contributed by atoms with Gasteiger partial charge in [-0.2, -0.15) is 5.10 Å². The molecule has 2 aromatic rings. The Labute approximate surface area is 150 Å². The van der Waals surface area contributed by atoms with Crippen LogP contribution in [0.2, 0.25) is 0 Å². The number of amides is 1. The second-order valence-corrected chi connectivity index (χ2v) is 7.10. The van der Waals surface area contributed by atoms with Crippen molar-refractivity contribution in [3.63, 3.8) is 0 Å². The molecule has 1 amide bonds. The third kappa shape index (κ3) is 2.77. The third-order valence-corrected chi connectivity index (χ3v) is 5.52.